The van der Waals surface area contributed by atoms with E-state index in [0.717, 1.165) is 16.1 Å². The second kappa shape index (κ2) is 7.59. The van der Waals surface area contributed by atoms with Gasteiger partial charge in [0.1, 0.15) is 10.6 Å². The normalized spacial score (nSPS) is 15.3. The Balaban J connectivity index is 1.82. The Morgan fingerprint density at radius 2 is 1.91 bits per heavy atom. The average Bonchev–Trinajstić information content (AvgIpc) is 3.38. The van der Waals surface area contributed by atoms with Crippen LogP contribution in [-0.4, -0.2) is 21.0 Å². The molecule has 10 heteroatoms. The molecule has 0 saturated heterocycles. The Hall–Kier alpha value is -3.92. The highest BCUT2D eigenvalue weighted by Gasteiger charge is 2.45. The van der Waals surface area contributed by atoms with Crippen molar-refractivity contribution in [3.8, 4) is 0 Å². The van der Waals surface area contributed by atoms with Crippen molar-refractivity contribution in [1.82, 2.24) is 10.2 Å². The van der Waals surface area contributed by atoms with Gasteiger partial charge in [0.25, 0.3) is 11.6 Å². The first kappa shape index (κ1) is 21.0. The highest BCUT2D eigenvalue weighted by molar-refractivity contribution is 7.15. The molecule has 0 spiro atoms. The summed E-state index contributed by atoms with van der Waals surface area (Å²) in [6, 6.07) is 8.47. The van der Waals surface area contributed by atoms with Crippen molar-refractivity contribution in [3.05, 3.63) is 89.8 Å². The van der Waals surface area contributed by atoms with Gasteiger partial charge in [0, 0.05) is 12.1 Å². The minimum absolute atomic E-state index is 0.0829. The second-order valence-electron chi connectivity index (χ2n) is 7.87. The van der Waals surface area contributed by atoms with Crippen molar-refractivity contribution in [2.45, 2.75) is 33.2 Å². The monoisotopic (exact) mass is 462 g/mol. The highest BCUT2D eigenvalue weighted by Crippen LogP contribution is 2.42. The molecule has 2 aromatic heterocycles. The van der Waals surface area contributed by atoms with E-state index in [4.69, 9.17) is 4.42 Å². The summed E-state index contributed by atoms with van der Waals surface area (Å²) in [4.78, 5) is 39.5. The molecule has 166 valence electrons. The molecule has 4 aromatic rings. The van der Waals surface area contributed by atoms with Crippen LogP contribution >= 0.6 is 11.3 Å². The molecule has 0 bridgehead atoms. The molecule has 1 amide bonds. The first-order valence-electron chi connectivity index (χ1n) is 10.3. The van der Waals surface area contributed by atoms with Crippen LogP contribution in [0.25, 0.3) is 11.0 Å². The maximum atomic E-state index is 13.7. The topological polar surface area (TPSA) is 119 Å². The number of anilines is 1. The summed E-state index contributed by atoms with van der Waals surface area (Å²) in [5, 5.41) is 21.1. The van der Waals surface area contributed by atoms with Gasteiger partial charge in [-0.25, -0.2) is 0 Å². The molecule has 1 aliphatic heterocycles. The molecule has 0 fully saturated rings. The fraction of sp³-hybridized carbons (Fsp3) is 0.217. The number of hydrogen-bond acceptors (Lipinski definition) is 8. The smallest absolute Gasteiger partial charge is 0.297 e. The standard InChI is InChI=1S/C23H18N4O5S/c1-4-17-24-25-23(33-17)26-19(13-6-5-7-14(10-13)27(30)31)18-20(28)15-8-11(2)12(3)9-16(15)32-21(18)22(26)29/h5-10,19H,4H2,1-3H3. The number of carbonyl (C=O) groups is 1. The first-order chi connectivity index (χ1) is 15.8. The number of aryl methyl sites for hydroxylation is 3. The third-order valence-corrected chi connectivity index (χ3v) is 6.91. The van der Waals surface area contributed by atoms with Crippen molar-refractivity contribution in [2.24, 2.45) is 0 Å². The molecular formula is C23H18N4O5S. The van der Waals surface area contributed by atoms with Crippen LogP contribution in [0, 0.1) is 24.0 Å². The van der Waals surface area contributed by atoms with E-state index in [1.165, 1.54) is 34.4 Å². The van der Waals surface area contributed by atoms with Crippen LogP contribution < -0.4 is 10.3 Å². The molecule has 0 radical (unpaired) electrons. The van der Waals surface area contributed by atoms with Gasteiger partial charge in [-0.1, -0.05) is 30.4 Å². The number of amides is 1. The van der Waals surface area contributed by atoms with Crippen molar-refractivity contribution in [1.29, 1.82) is 0 Å². The van der Waals surface area contributed by atoms with Gasteiger partial charge < -0.3 is 4.42 Å². The number of non-ortho nitro benzene ring substituents is 1. The van der Waals surface area contributed by atoms with Crippen LogP contribution in [0.2, 0.25) is 0 Å². The van der Waals surface area contributed by atoms with Crippen LogP contribution in [-0.2, 0) is 6.42 Å². The average molecular weight is 462 g/mol. The molecule has 1 atom stereocenters. The van der Waals surface area contributed by atoms with Gasteiger partial charge in [0.2, 0.25) is 10.9 Å². The number of nitro groups is 1. The lowest BCUT2D eigenvalue weighted by molar-refractivity contribution is -0.384. The van der Waals surface area contributed by atoms with E-state index >= 15 is 0 Å². The maximum absolute atomic E-state index is 13.7. The van der Waals surface area contributed by atoms with E-state index in [1.54, 1.807) is 18.2 Å². The predicted octanol–water partition coefficient (Wildman–Crippen LogP) is 4.48. The molecule has 0 N–H and O–H groups in total. The van der Waals surface area contributed by atoms with Gasteiger partial charge in [-0.2, -0.15) is 0 Å². The van der Waals surface area contributed by atoms with E-state index in [1.807, 2.05) is 20.8 Å². The molecule has 33 heavy (non-hydrogen) atoms. The van der Waals surface area contributed by atoms with E-state index < -0.39 is 16.9 Å². The molecule has 1 unspecified atom stereocenters. The number of aromatic nitrogens is 2. The summed E-state index contributed by atoms with van der Waals surface area (Å²) in [5.41, 5.74) is 2.24. The SMILES string of the molecule is CCc1nnc(N2C(=O)c3oc4cc(C)c(C)cc4c(=O)c3C2c2cccc([N+](=O)[O-])c2)s1. The molecule has 5 rings (SSSR count). The van der Waals surface area contributed by atoms with Crippen molar-refractivity contribution >= 4 is 39.0 Å². The summed E-state index contributed by atoms with van der Waals surface area (Å²) in [7, 11) is 0. The van der Waals surface area contributed by atoms with Crippen LogP contribution in [0.5, 0.6) is 0 Å². The number of nitro benzene ring substituents is 1. The fourth-order valence-corrected chi connectivity index (χ4v) is 4.84. The molecule has 1 aliphatic rings. The Kier molecular flexibility index (Phi) is 4.82. The minimum Gasteiger partial charge on any atom is -0.450 e. The number of carbonyl (C=O) groups excluding carboxylic acids is 1. The van der Waals surface area contributed by atoms with Gasteiger partial charge in [0.15, 0.2) is 5.43 Å². The lowest BCUT2D eigenvalue weighted by atomic mass is 9.97. The minimum atomic E-state index is -0.924. The lowest BCUT2D eigenvalue weighted by Gasteiger charge is -2.21. The Morgan fingerprint density at radius 3 is 2.61 bits per heavy atom. The zero-order valence-corrected chi connectivity index (χ0v) is 18.8. The summed E-state index contributed by atoms with van der Waals surface area (Å²) in [5.74, 6) is -0.613. The van der Waals surface area contributed by atoms with Gasteiger partial charge in [-0.05, 0) is 49.1 Å². The van der Waals surface area contributed by atoms with Crippen LogP contribution in [0.15, 0.2) is 45.6 Å². The van der Waals surface area contributed by atoms with Gasteiger partial charge in [0.05, 0.1) is 21.9 Å². The predicted molar refractivity (Wildman–Crippen MR) is 123 cm³/mol. The van der Waals surface area contributed by atoms with E-state index in [9.17, 15) is 19.7 Å². The largest absolute Gasteiger partial charge is 0.450 e. The quantitative estimate of drug-likeness (QED) is 0.324. The Bertz CT molecular complexity index is 1520. The number of benzene rings is 2. The number of fused-ring (bicyclic) bond motifs is 2. The van der Waals surface area contributed by atoms with Crippen molar-refractivity contribution in [3.63, 3.8) is 0 Å². The second-order valence-corrected chi connectivity index (χ2v) is 8.91. The fourth-order valence-electron chi connectivity index (χ4n) is 4.03. The third kappa shape index (κ3) is 3.21. The molecule has 0 saturated carbocycles. The summed E-state index contributed by atoms with van der Waals surface area (Å²) < 4.78 is 5.98. The van der Waals surface area contributed by atoms with Gasteiger partial charge in [-0.15, -0.1) is 10.2 Å². The highest BCUT2D eigenvalue weighted by atomic mass is 32.1. The van der Waals surface area contributed by atoms with Gasteiger partial charge in [-0.3, -0.25) is 24.6 Å². The Morgan fingerprint density at radius 1 is 1.15 bits per heavy atom. The number of nitrogens with zero attached hydrogens (tertiary/aromatic N) is 4. The molecule has 3 heterocycles. The van der Waals surface area contributed by atoms with Crippen molar-refractivity contribution < 1.29 is 14.1 Å². The number of hydrogen-bond donors (Lipinski definition) is 0. The van der Waals surface area contributed by atoms with Gasteiger partial charge >= 0.3 is 0 Å². The zero-order chi connectivity index (χ0) is 23.4. The number of rotatable bonds is 4. The zero-order valence-electron chi connectivity index (χ0n) is 18.0. The molecule has 9 nitrogen and oxygen atoms in total. The molecular weight excluding hydrogens is 444 g/mol. The van der Waals surface area contributed by atoms with E-state index in [0.29, 0.717) is 28.1 Å². The van der Waals surface area contributed by atoms with E-state index in [2.05, 4.69) is 10.2 Å². The maximum Gasteiger partial charge on any atom is 0.297 e. The first-order valence-corrected chi connectivity index (χ1v) is 11.1. The molecule has 0 aliphatic carbocycles. The Labute approximate surface area is 191 Å². The third-order valence-electron chi connectivity index (χ3n) is 5.85. The van der Waals surface area contributed by atoms with Crippen LogP contribution in [0.4, 0.5) is 10.8 Å². The summed E-state index contributed by atoms with van der Waals surface area (Å²) in [6.07, 6.45) is 0.633. The lowest BCUT2D eigenvalue weighted by Crippen LogP contribution is -2.29. The molecule has 2 aromatic carbocycles. The summed E-state index contributed by atoms with van der Waals surface area (Å²) >= 11 is 1.23. The summed E-state index contributed by atoms with van der Waals surface area (Å²) in [6.45, 7) is 5.71. The van der Waals surface area contributed by atoms with Crippen LogP contribution in [0.3, 0.4) is 0 Å². The van der Waals surface area contributed by atoms with Crippen LogP contribution in [0.1, 0.15) is 50.8 Å². The van der Waals surface area contributed by atoms with E-state index in [-0.39, 0.29) is 22.4 Å². The van der Waals surface area contributed by atoms with Crippen molar-refractivity contribution in [2.75, 3.05) is 4.90 Å².